The molecule has 1 rings (SSSR count). The Morgan fingerprint density at radius 3 is 2.17 bits per heavy atom. The van der Waals surface area contributed by atoms with Crippen molar-refractivity contribution in [2.75, 3.05) is 7.11 Å². The molecule has 1 aromatic carbocycles. The number of aliphatic hydroxyl groups excluding tert-OH is 1. The minimum Gasteiger partial charge on any atom is -0.478 e. The van der Waals surface area contributed by atoms with Gasteiger partial charge in [0.05, 0.1) is 10.6 Å². The number of halogens is 1. The summed E-state index contributed by atoms with van der Waals surface area (Å²) in [4.78, 5) is 10.3. The topological polar surface area (TPSA) is 57.5 Å². The van der Waals surface area contributed by atoms with E-state index >= 15 is 0 Å². The smallest absolute Gasteiger partial charge is 0.337 e. The fraction of sp³-hybridized carbons (Fsp3) is 0.125. The standard InChI is InChI=1S/C7H5ClO2.CH4O/c8-6-4-2-1-3-5(6)7(9)10;1-2/h1-4H,(H,9,10);2H,1H3. The minimum atomic E-state index is -0.995. The summed E-state index contributed by atoms with van der Waals surface area (Å²) < 4.78 is 0. The summed E-state index contributed by atoms with van der Waals surface area (Å²) in [6.45, 7) is 0. The van der Waals surface area contributed by atoms with E-state index in [4.69, 9.17) is 21.8 Å². The molecule has 1 aromatic rings. The van der Waals surface area contributed by atoms with Crippen LogP contribution < -0.4 is 0 Å². The molecule has 2 N–H and O–H groups in total. The molecule has 0 aliphatic heterocycles. The van der Waals surface area contributed by atoms with Crippen LogP contribution in [0.25, 0.3) is 0 Å². The second kappa shape index (κ2) is 5.57. The van der Waals surface area contributed by atoms with Gasteiger partial charge in [0.15, 0.2) is 0 Å². The molecule has 0 saturated carbocycles. The molecule has 0 saturated heterocycles. The highest BCUT2D eigenvalue weighted by molar-refractivity contribution is 6.33. The van der Waals surface area contributed by atoms with Gasteiger partial charge in [0.2, 0.25) is 0 Å². The predicted molar refractivity (Wildman–Crippen MR) is 46.6 cm³/mol. The van der Waals surface area contributed by atoms with Crippen molar-refractivity contribution in [3.63, 3.8) is 0 Å². The van der Waals surface area contributed by atoms with Crippen molar-refractivity contribution < 1.29 is 15.0 Å². The van der Waals surface area contributed by atoms with Crippen LogP contribution in [0.4, 0.5) is 0 Å². The van der Waals surface area contributed by atoms with E-state index in [1.165, 1.54) is 6.07 Å². The van der Waals surface area contributed by atoms with Gasteiger partial charge in [-0.2, -0.15) is 0 Å². The third kappa shape index (κ3) is 2.90. The number of carboxylic acids is 1. The van der Waals surface area contributed by atoms with Gasteiger partial charge in [-0.05, 0) is 12.1 Å². The molecule has 0 aromatic heterocycles. The molecule has 4 heteroatoms. The Hall–Kier alpha value is -1.06. The Balaban J connectivity index is 0.000000561. The largest absolute Gasteiger partial charge is 0.478 e. The molecule has 0 aliphatic rings. The fourth-order valence-corrected chi connectivity index (χ4v) is 0.851. The van der Waals surface area contributed by atoms with E-state index in [-0.39, 0.29) is 10.6 Å². The lowest BCUT2D eigenvalue weighted by Crippen LogP contribution is -1.95. The lowest BCUT2D eigenvalue weighted by molar-refractivity contribution is 0.0697. The molecule has 0 radical (unpaired) electrons. The first-order chi connectivity index (χ1) is 5.72. The number of hydrogen-bond donors (Lipinski definition) is 2. The van der Waals surface area contributed by atoms with Crippen LogP contribution in [0.15, 0.2) is 24.3 Å². The van der Waals surface area contributed by atoms with Crippen molar-refractivity contribution >= 4 is 17.6 Å². The van der Waals surface area contributed by atoms with E-state index in [0.29, 0.717) is 0 Å². The summed E-state index contributed by atoms with van der Waals surface area (Å²) in [6, 6.07) is 6.33. The summed E-state index contributed by atoms with van der Waals surface area (Å²) in [6.07, 6.45) is 0. The third-order valence-electron chi connectivity index (χ3n) is 1.10. The van der Waals surface area contributed by atoms with E-state index in [9.17, 15) is 4.79 Å². The van der Waals surface area contributed by atoms with Crippen molar-refractivity contribution in [2.45, 2.75) is 0 Å². The Bertz CT molecular complexity index is 260. The quantitative estimate of drug-likeness (QED) is 0.705. The highest BCUT2D eigenvalue weighted by atomic mass is 35.5. The molecule has 0 spiro atoms. The van der Waals surface area contributed by atoms with Crippen molar-refractivity contribution in [1.29, 1.82) is 0 Å². The monoisotopic (exact) mass is 188 g/mol. The Morgan fingerprint density at radius 1 is 1.33 bits per heavy atom. The Morgan fingerprint density at radius 2 is 1.83 bits per heavy atom. The van der Waals surface area contributed by atoms with Crippen molar-refractivity contribution in [1.82, 2.24) is 0 Å². The summed E-state index contributed by atoms with van der Waals surface area (Å²) in [5, 5.41) is 15.8. The molecule has 0 heterocycles. The highest BCUT2D eigenvalue weighted by Gasteiger charge is 2.04. The van der Waals surface area contributed by atoms with Gasteiger partial charge in [0, 0.05) is 7.11 Å². The van der Waals surface area contributed by atoms with Crippen molar-refractivity contribution in [3.05, 3.63) is 34.9 Å². The van der Waals surface area contributed by atoms with Crippen LogP contribution in [-0.2, 0) is 0 Å². The average Bonchev–Trinajstić information content (AvgIpc) is 2.08. The molecule has 0 fully saturated rings. The lowest BCUT2D eigenvalue weighted by Gasteiger charge is -1.94. The number of carboxylic acid groups (broad SMARTS) is 1. The summed E-state index contributed by atoms with van der Waals surface area (Å²) in [7, 11) is 1.00. The van der Waals surface area contributed by atoms with Gasteiger partial charge in [-0.15, -0.1) is 0 Å². The van der Waals surface area contributed by atoms with Gasteiger partial charge >= 0.3 is 5.97 Å². The molecule has 0 amide bonds. The Kier molecular flexibility index (Phi) is 5.08. The highest BCUT2D eigenvalue weighted by Crippen LogP contribution is 2.13. The lowest BCUT2D eigenvalue weighted by atomic mass is 10.2. The third-order valence-corrected chi connectivity index (χ3v) is 1.43. The summed E-state index contributed by atoms with van der Waals surface area (Å²) >= 11 is 5.54. The van der Waals surface area contributed by atoms with E-state index in [1.54, 1.807) is 18.2 Å². The van der Waals surface area contributed by atoms with Crippen LogP contribution >= 0.6 is 11.6 Å². The number of benzene rings is 1. The summed E-state index contributed by atoms with van der Waals surface area (Å²) in [5.41, 5.74) is 0.143. The van der Waals surface area contributed by atoms with Crippen LogP contribution in [0.3, 0.4) is 0 Å². The predicted octanol–water partition coefficient (Wildman–Crippen LogP) is 1.65. The van der Waals surface area contributed by atoms with Gasteiger partial charge < -0.3 is 10.2 Å². The van der Waals surface area contributed by atoms with Gasteiger partial charge in [-0.3, -0.25) is 0 Å². The minimum absolute atomic E-state index is 0.143. The van der Waals surface area contributed by atoms with Crippen LogP contribution in [0.1, 0.15) is 10.4 Å². The summed E-state index contributed by atoms with van der Waals surface area (Å²) in [5.74, 6) is -0.995. The van der Waals surface area contributed by atoms with Gasteiger partial charge in [0.25, 0.3) is 0 Å². The normalized spacial score (nSPS) is 8.25. The molecule has 0 aliphatic carbocycles. The van der Waals surface area contributed by atoms with Crippen LogP contribution in [0, 0.1) is 0 Å². The fourth-order valence-electron chi connectivity index (χ4n) is 0.635. The number of carbonyl (C=O) groups is 1. The number of hydrogen-bond acceptors (Lipinski definition) is 2. The molecule has 3 nitrogen and oxygen atoms in total. The zero-order valence-electron chi connectivity index (χ0n) is 6.49. The van der Waals surface area contributed by atoms with E-state index in [1.807, 2.05) is 0 Å². The zero-order valence-corrected chi connectivity index (χ0v) is 7.25. The van der Waals surface area contributed by atoms with Gasteiger partial charge in [0.1, 0.15) is 0 Å². The van der Waals surface area contributed by atoms with Crippen molar-refractivity contribution in [3.8, 4) is 0 Å². The first kappa shape index (κ1) is 10.9. The SMILES string of the molecule is CO.O=C(O)c1ccccc1Cl. The maximum atomic E-state index is 10.3. The van der Waals surface area contributed by atoms with Gasteiger partial charge in [-0.25, -0.2) is 4.79 Å². The number of rotatable bonds is 1. The van der Waals surface area contributed by atoms with Crippen LogP contribution in [-0.4, -0.2) is 23.3 Å². The molecular weight excluding hydrogens is 180 g/mol. The molecule has 0 unspecified atom stereocenters. The second-order valence-electron chi connectivity index (χ2n) is 1.78. The van der Waals surface area contributed by atoms with Gasteiger partial charge in [-0.1, -0.05) is 23.7 Å². The first-order valence-electron chi connectivity index (χ1n) is 3.14. The molecule has 12 heavy (non-hydrogen) atoms. The van der Waals surface area contributed by atoms with Crippen molar-refractivity contribution in [2.24, 2.45) is 0 Å². The van der Waals surface area contributed by atoms with E-state index < -0.39 is 5.97 Å². The van der Waals surface area contributed by atoms with E-state index in [0.717, 1.165) is 7.11 Å². The average molecular weight is 189 g/mol. The second-order valence-corrected chi connectivity index (χ2v) is 2.19. The zero-order chi connectivity index (χ0) is 9.56. The number of aliphatic hydroxyl groups is 1. The maximum Gasteiger partial charge on any atom is 0.337 e. The first-order valence-corrected chi connectivity index (χ1v) is 3.52. The molecule has 0 atom stereocenters. The maximum absolute atomic E-state index is 10.3. The molecular formula is C8H9ClO3. The number of aromatic carboxylic acids is 1. The Labute approximate surface area is 75.2 Å². The molecule has 0 bridgehead atoms. The van der Waals surface area contributed by atoms with Crippen LogP contribution in [0.5, 0.6) is 0 Å². The van der Waals surface area contributed by atoms with Crippen LogP contribution in [0.2, 0.25) is 5.02 Å². The van der Waals surface area contributed by atoms with E-state index in [2.05, 4.69) is 0 Å². The molecule has 66 valence electrons.